The lowest BCUT2D eigenvalue weighted by Crippen LogP contribution is -2.15. The van der Waals surface area contributed by atoms with E-state index < -0.39 is 5.91 Å². The van der Waals surface area contributed by atoms with Crippen LogP contribution in [0, 0.1) is 20.8 Å². The van der Waals surface area contributed by atoms with Crippen molar-refractivity contribution < 1.29 is 13.8 Å². The number of carbonyl (C=O) groups excluding carboxylic acids is 1. The van der Waals surface area contributed by atoms with Gasteiger partial charge in [0, 0.05) is 17.8 Å². The molecule has 0 unspecified atom stereocenters. The molecule has 9 nitrogen and oxygen atoms in total. The Morgan fingerprint density at radius 1 is 0.957 bits per heavy atom. The Balaban J connectivity index is 1.80. The summed E-state index contributed by atoms with van der Waals surface area (Å²) in [5.41, 5.74) is 0.824. The summed E-state index contributed by atoms with van der Waals surface area (Å²) in [7, 11) is 0. The number of hydrogen-bond donors (Lipinski definition) is 2. The van der Waals surface area contributed by atoms with Crippen LogP contribution in [0.5, 0.6) is 0 Å². The lowest BCUT2D eigenvalue weighted by Gasteiger charge is -2.05. The summed E-state index contributed by atoms with van der Waals surface area (Å²) in [6, 6.07) is 4.88. The van der Waals surface area contributed by atoms with Crippen LogP contribution in [0.3, 0.4) is 0 Å². The zero-order valence-corrected chi connectivity index (χ0v) is 12.7. The number of carbonyl (C=O) groups is 1. The highest BCUT2D eigenvalue weighted by molar-refractivity contribution is 6.02. The molecule has 0 fully saturated rings. The summed E-state index contributed by atoms with van der Waals surface area (Å²) in [5, 5.41) is 13.0. The van der Waals surface area contributed by atoms with Crippen LogP contribution in [0.25, 0.3) is 0 Å². The highest BCUT2D eigenvalue weighted by Crippen LogP contribution is 2.15. The molecule has 0 bridgehead atoms. The largest absolute Gasteiger partial charge is 0.360 e. The van der Waals surface area contributed by atoms with E-state index >= 15 is 0 Å². The Morgan fingerprint density at radius 3 is 2.22 bits per heavy atom. The predicted molar refractivity (Wildman–Crippen MR) is 80.5 cm³/mol. The van der Waals surface area contributed by atoms with Gasteiger partial charge < -0.3 is 19.7 Å². The second-order valence-electron chi connectivity index (χ2n) is 4.94. The fraction of sp³-hybridized carbons (Fsp3) is 0.214. The van der Waals surface area contributed by atoms with Gasteiger partial charge in [-0.25, -0.2) is 9.97 Å². The van der Waals surface area contributed by atoms with Crippen LogP contribution >= 0.6 is 0 Å². The minimum absolute atomic E-state index is 0.195. The van der Waals surface area contributed by atoms with Gasteiger partial charge in [-0.05, 0) is 26.8 Å². The van der Waals surface area contributed by atoms with Gasteiger partial charge in [0.15, 0.2) is 11.6 Å². The van der Waals surface area contributed by atoms with Crippen molar-refractivity contribution in [1.82, 2.24) is 20.3 Å². The molecule has 0 atom stereocenters. The van der Waals surface area contributed by atoms with E-state index in [-0.39, 0.29) is 11.6 Å². The zero-order chi connectivity index (χ0) is 16.4. The molecule has 3 aromatic rings. The fourth-order valence-electron chi connectivity index (χ4n) is 1.89. The maximum absolute atomic E-state index is 12.2. The molecule has 3 rings (SSSR count). The van der Waals surface area contributed by atoms with Crippen molar-refractivity contribution in [1.29, 1.82) is 0 Å². The first-order valence-corrected chi connectivity index (χ1v) is 6.80. The highest BCUT2D eigenvalue weighted by atomic mass is 16.5. The van der Waals surface area contributed by atoms with E-state index in [0.29, 0.717) is 28.9 Å². The molecule has 2 N–H and O–H groups in total. The quantitative estimate of drug-likeness (QED) is 0.753. The number of rotatable bonds is 4. The van der Waals surface area contributed by atoms with Crippen molar-refractivity contribution in [3.05, 3.63) is 41.1 Å². The second-order valence-corrected chi connectivity index (χ2v) is 4.94. The first kappa shape index (κ1) is 14.7. The lowest BCUT2D eigenvalue weighted by atomic mass is 10.3. The molecule has 0 saturated carbocycles. The van der Waals surface area contributed by atoms with Gasteiger partial charge in [0.1, 0.15) is 17.2 Å². The number of aryl methyl sites for hydroxylation is 3. The average Bonchev–Trinajstić information content (AvgIpc) is 3.07. The van der Waals surface area contributed by atoms with Crippen LogP contribution < -0.4 is 10.6 Å². The number of amides is 1. The number of hydrogen-bond acceptors (Lipinski definition) is 8. The summed E-state index contributed by atoms with van der Waals surface area (Å²) in [4.78, 5) is 20.6. The lowest BCUT2D eigenvalue weighted by molar-refractivity contribution is 0.102. The fourth-order valence-corrected chi connectivity index (χ4v) is 1.89. The van der Waals surface area contributed by atoms with Crippen LogP contribution in [0.2, 0.25) is 0 Å². The van der Waals surface area contributed by atoms with Gasteiger partial charge >= 0.3 is 0 Å². The van der Waals surface area contributed by atoms with E-state index in [9.17, 15) is 4.79 Å². The summed E-state index contributed by atoms with van der Waals surface area (Å²) < 4.78 is 9.86. The highest BCUT2D eigenvalue weighted by Gasteiger charge is 2.13. The van der Waals surface area contributed by atoms with Crippen molar-refractivity contribution in [2.24, 2.45) is 0 Å². The smallest absolute Gasteiger partial charge is 0.275 e. The molecule has 0 spiro atoms. The van der Waals surface area contributed by atoms with Gasteiger partial charge in [0.2, 0.25) is 5.95 Å². The van der Waals surface area contributed by atoms with Gasteiger partial charge in [0.05, 0.1) is 0 Å². The Bertz CT molecular complexity index is 854. The molecule has 0 radical (unpaired) electrons. The molecule has 0 saturated heterocycles. The van der Waals surface area contributed by atoms with Crippen molar-refractivity contribution in [2.75, 3.05) is 10.6 Å². The van der Waals surface area contributed by atoms with Crippen LogP contribution in [0.15, 0.2) is 27.2 Å². The van der Waals surface area contributed by atoms with E-state index in [0.717, 1.165) is 0 Å². The molecule has 1 amide bonds. The Morgan fingerprint density at radius 2 is 1.61 bits per heavy atom. The van der Waals surface area contributed by atoms with Gasteiger partial charge in [0.25, 0.3) is 5.91 Å². The third kappa shape index (κ3) is 3.51. The molecule has 3 heterocycles. The zero-order valence-electron chi connectivity index (χ0n) is 12.7. The van der Waals surface area contributed by atoms with Gasteiger partial charge in [-0.2, -0.15) is 0 Å². The minimum atomic E-state index is -0.414. The molecular weight excluding hydrogens is 300 g/mol. The molecule has 9 heteroatoms. The number of anilines is 3. The van der Waals surface area contributed by atoms with Gasteiger partial charge in [-0.1, -0.05) is 10.3 Å². The predicted octanol–water partition coefficient (Wildman–Crippen LogP) is 2.37. The van der Waals surface area contributed by atoms with E-state index in [4.69, 9.17) is 9.05 Å². The molecule has 3 aromatic heterocycles. The SMILES string of the molecule is Cc1cc(C(=O)Nc2cc(C)on2)nc(Nc2cc(C)on2)n1. The van der Waals surface area contributed by atoms with Crippen molar-refractivity contribution in [3.63, 3.8) is 0 Å². The molecule has 0 aliphatic carbocycles. The topological polar surface area (TPSA) is 119 Å². The summed E-state index contributed by atoms with van der Waals surface area (Å²) in [6.07, 6.45) is 0. The minimum Gasteiger partial charge on any atom is -0.360 e. The summed E-state index contributed by atoms with van der Waals surface area (Å²) >= 11 is 0. The second kappa shape index (κ2) is 5.87. The molecule has 118 valence electrons. The average molecular weight is 314 g/mol. The Labute approximate surface area is 131 Å². The Kier molecular flexibility index (Phi) is 3.75. The first-order chi connectivity index (χ1) is 11.0. The number of nitrogens with one attached hydrogen (secondary N) is 2. The first-order valence-electron chi connectivity index (χ1n) is 6.80. The van der Waals surface area contributed by atoms with Gasteiger partial charge in [-0.15, -0.1) is 0 Å². The molecular formula is C14H14N6O3. The van der Waals surface area contributed by atoms with Crippen LogP contribution in [0.4, 0.5) is 17.6 Å². The third-order valence-corrected chi connectivity index (χ3v) is 2.82. The van der Waals surface area contributed by atoms with Crippen LogP contribution in [-0.4, -0.2) is 26.2 Å². The molecule has 0 aliphatic rings. The molecule has 0 aromatic carbocycles. The van der Waals surface area contributed by atoms with Crippen molar-refractivity contribution >= 4 is 23.5 Å². The molecule has 23 heavy (non-hydrogen) atoms. The summed E-state index contributed by atoms with van der Waals surface area (Å²) in [5.74, 6) is 1.88. The van der Waals surface area contributed by atoms with E-state index in [1.54, 1.807) is 39.0 Å². The Hall–Kier alpha value is -3.23. The van der Waals surface area contributed by atoms with E-state index in [1.165, 1.54) is 0 Å². The third-order valence-electron chi connectivity index (χ3n) is 2.82. The maximum Gasteiger partial charge on any atom is 0.275 e. The van der Waals surface area contributed by atoms with Gasteiger partial charge in [-0.3, -0.25) is 4.79 Å². The number of nitrogens with zero attached hydrogens (tertiary/aromatic N) is 4. The number of aromatic nitrogens is 4. The standard InChI is InChI=1S/C14H14N6O3/c1-7-4-10(13(21)17-11-5-8(2)22-19-11)16-14(15-7)18-12-6-9(3)23-20-12/h4-6H,1-3H3,(H,17,19,21)(H,15,16,18,20). The van der Waals surface area contributed by atoms with E-state index in [2.05, 4.69) is 30.9 Å². The van der Waals surface area contributed by atoms with E-state index in [1.807, 2.05) is 0 Å². The monoisotopic (exact) mass is 314 g/mol. The van der Waals surface area contributed by atoms with Crippen molar-refractivity contribution in [2.45, 2.75) is 20.8 Å². The van der Waals surface area contributed by atoms with Crippen LogP contribution in [-0.2, 0) is 0 Å². The van der Waals surface area contributed by atoms with Crippen LogP contribution in [0.1, 0.15) is 27.7 Å². The molecule has 0 aliphatic heterocycles. The normalized spacial score (nSPS) is 10.6. The van der Waals surface area contributed by atoms with Crippen molar-refractivity contribution in [3.8, 4) is 0 Å². The maximum atomic E-state index is 12.2. The summed E-state index contributed by atoms with van der Waals surface area (Å²) in [6.45, 7) is 5.27.